The number of anilines is 3. The number of rotatable bonds is 8. The first-order chi connectivity index (χ1) is 18.5. The van der Waals surface area contributed by atoms with E-state index in [2.05, 4.69) is 29.5 Å². The highest BCUT2D eigenvalue weighted by Gasteiger charge is 2.13. The third-order valence-corrected chi connectivity index (χ3v) is 5.32. The minimum Gasteiger partial charge on any atom is -0.404 e. The highest BCUT2D eigenvalue weighted by atomic mass is 16.1. The molecule has 0 spiro atoms. The van der Waals surface area contributed by atoms with Crippen LogP contribution in [0.3, 0.4) is 0 Å². The molecule has 0 aliphatic rings. The number of fused-ring (bicyclic) bond motifs is 1. The molecule has 0 aliphatic heterocycles. The Morgan fingerprint density at radius 1 is 1.03 bits per heavy atom. The molecule has 0 unspecified atom stereocenters. The van der Waals surface area contributed by atoms with E-state index in [1.165, 1.54) is 12.6 Å². The molecule has 0 radical (unpaired) electrons. The van der Waals surface area contributed by atoms with Crippen molar-refractivity contribution in [2.75, 3.05) is 10.6 Å². The average Bonchev–Trinajstić information content (AvgIpc) is 3.30. The van der Waals surface area contributed by atoms with Crippen LogP contribution in [0.15, 0.2) is 84.7 Å². The Bertz CT molecular complexity index is 1480. The molecule has 6 N–H and O–H groups in total. The number of carbonyl (C=O) groups is 1. The fraction of sp³-hybridized carbons (Fsp3) is 0.138. The number of aromatic nitrogens is 3. The lowest BCUT2D eigenvalue weighted by molar-refractivity contribution is -0.112. The molecule has 0 bridgehead atoms. The average molecular weight is 509 g/mol. The predicted octanol–water partition coefficient (Wildman–Crippen LogP) is 6.06. The van der Waals surface area contributed by atoms with Crippen molar-refractivity contribution in [3.05, 3.63) is 90.4 Å². The van der Waals surface area contributed by atoms with Gasteiger partial charge >= 0.3 is 0 Å². The zero-order valence-corrected chi connectivity index (χ0v) is 21.7. The summed E-state index contributed by atoms with van der Waals surface area (Å²) in [4.78, 5) is 16.7. The van der Waals surface area contributed by atoms with Gasteiger partial charge in [0.15, 0.2) is 5.82 Å². The zero-order chi connectivity index (χ0) is 27.5. The van der Waals surface area contributed by atoms with Gasteiger partial charge in [-0.05, 0) is 49.4 Å². The van der Waals surface area contributed by atoms with Crippen LogP contribution in [0.2, 0.25) is 0 Å². The van der Waals surface area contributed by atoms with Gasteiger partial charge in [0.25, 0.3) is 5.91 Å². The molecule has 0 atom stereocenters. The minimum atomic E-state index is -0.348. The predicted molar refractivity (Wildman–Crippen MR) is 157 cm³/mol. The monoisotopic (exact) mass is 508 g/mol. The smallest absolute Gasteiger partial charge is 0.256 e. The standard InChI is InChI=1S/C26H24N8O.C3H8/c1-2-17(13-27)26(35)32-19-6-5-7-21(12-19)34-24-9-4-3-8-22(24)25(33-34)31-20-10-11-23(30-16-20)18(14-28)15-29;1-3-2/h2-16,27-28H,29H2,1H3,(H,31,33)(H,32,35);3H2,1-2H3/b17-2+,18-15+,27-13?,28-14?;. The minimum absolute atomic E-state index is 0.278. The molecular weight excluding hydrogens is 476 g/mol. The van der Waals surface area contributed by atoms with Crippen molar-refractivity contribution in [2.24, 2.45) is 5.73 Å². The first kappa shape index (κ1) is 27.5. The number of nitrogens with two attached hydrogens (primary N) is 1. The van der Waals surface area contributed by atoms with Crippen LogP contribution in [0.4, 0.5) is 17.2 Å². The van der Waals surface area contributed by atoms with Gasteiger partial charge in [-0.2, -0.15) is 0 Å². The lowest BCUT2D eigenvalue weighted by Gasteiger charge is -2.09. The van der Waals surface area contributed by atoms with Gasteiger partial charge in [-0.25, -0.2) is 4.68 Å². The van der Waals surface area contributed by atoms with Crippen molar-refractivity contribution in [3.8, 4) is 5.69 Å². The Labute approximate surface area is 222 Å². The number of pyridine rings is 1. The third-order valence-electron chi connectivity index (χ3n) is 5.32. The van der Waals surface area contributed by atoms with Gasteiger partial charge < -0.3 is 27.2 Å². The van der Waals surface area contributed by atoms with Crippen molar-refractivity contribution in [3.63, 3.8) is 0 Å². The van der Waals surface area contributed by atoms with Crippen LogP contribution >= 0.6 is 0 Å². The van der Waals surface area contributed by atoms with E-state index < -0.39 is 0 Å². The van der Waals surface area contributed by atoms with Crippen LogP contribution in [0, 0.1) is 10.8 Å². The van der Waals surface area contributed by atoms with Gasteiger partial charge in [-0.1, -0.05) is 44.5 Å². The Morgan fingerprint density at radius 3 is 2.42 bits per heavy atom. The normalized spacial score (nSPS) is 11.3. The molecule has 2 aromatic heterocycles. The van der Waals surface area contributed by atoms with E-state index >= 15 is 0 Å². The molecule has 4 aromatic rings. The summed E-state index contributed by atoms with van der Waals surface area (Å²) in [6.45, 7) is 5.96. The van der Waals surface area contributed by atoms with Gasteiger partial charge in [-0.15, -0.1) is 5.10 Å². The fourth-order valence-corrected chi connectivity index (χ4v) is 3.54. The number of nitrogens with one attached hydrogen (secondary N) is 4. The molecular formula is C29H32N8O. The highest BCUT2D eigenvalue weighted by Crippen LogP contribution is 2.29. The number of para-hydroxylation sites is 1. The summed E-state index contributed by atoms with van der Waals surface area (Å²) in [5, 5.41) is 26.6. The number of amides is 1. The summed E-state index contributed by atoms with van der Waals surface area (Å²) in [7, 11) is 0. The summed E-state index contributed by atoms with van der Waals surface area (Å²) in [5.74, 6) is 0.296. The molecule has 38 heavy (non-hydrogen) atoms. The van der Waals surface area contributed by atoms with Crippen LogP contribution in [-0.2, 0) is 4.79 Å². The van der Waals surface area contributed by atoms with E-state index in [0.29, 0.717) is 22.8 Å². The largest absolute Gasteiger partial charge is 0.404 e. The molecule has 194 valence electrons. The lowest BCUT2D eigenvalue weighted by Crippen LogP contribution is -2.15. The van der Waals surface area contributed by atoms with E-state index in [1.54, 1.807) is 36.0 Å². The van der Waals surface area contributed by atoms with Crippen molar-refractivity contribution in [2.45, 2.75) is 27.2 Å². The van der Waals surface area contributed by atoms with E-state index in [4.69, 9.17) is 21.7 Å². The topological polar surface area (TPSA) is 146 Å². The lowest BCUT2D eigenvalue weighted by atomic mass is 10.2. The van der Waals surface area contributed by atoms with Crippen LogP contribution < -0.4 is 16.4 Å². The first-order valence-corrected chi connectivity index (χ1v) is 12.2. The number of allylic oxidation sites excluding steroid dienone is 2. The summed E-state index contributed by atoms with van der Waals surface area (Å²) in [6.07, 6.45) is 8.03. The van der Waals surface area contributed by atoms with E-state index in [9.17, 15) is 4.79 Å². The van der Waals surface area contributed by atoms with E-state index in [-0.39, 0.29) is 11.5 Å². The second-order valence-corrected chi connectivity index (χ2v) is 8.20. The molecule has 9 heteroatoms. The van der Waals surface area contributed by atoms with Crippen molar-refractivity contribution in [1.29, 1.82) is 10.8 Å². The van der Waals surface area contributed by atoms with Gasteiger partial charge in [0.05, 0.1) is 34.4 Å². The Morgan fingerprint density at radius 2 is 1.79 bits per heavy atom. The maximum atomic E-state index is 12.4. The molecule has 2 aromatic carbocycles. The van der Waals surface area contributed by atoms with Crippen LogP contribution in [0.25, 0.3) is 22.2 Å². The molecule has 0 saturated heterocycles. The maximum absolute atomic E-state index is 12.4. The van der Waals surface area contributed by atoms with Crippen LogP contribution in [-0.4, -0.2) is 33.1 Å². The van der Waals surface area contributed by atoms with Crippen LogP contribution in [0.5, 0.6) is 0 Å². The number of carbonyl (C=O) groups excluding carboxylic acids is 1. The van der Waals surface area contributed by atoms with E-state index in [1.807, 2.05) is 48.5 Å². The number of nitrogens with zero attached hydrogens (tertiary/aromatic N) is 3. The zero-order valence-electron chi connectivity index (χ0n) is 21.7. The van der Waals surface area contributed by atoms with Gasteiger partial charge in [0.2, 0.25) is 0 Å². The quantitative estimate of drug-likeness (QED) is 0.145. The molecule has 0 aliphatic carbocycles. The third kappa shape index (κ3) is 6.38. The number of benzene rings is 2. The number of hydrogen-bond acceptors (Lipinski definition) is 7. The van der Waals surface area contributed by atoms with E-state index in [0.717, 1.165) is 34.7 Å². The SMILES string of the molecule is C/C=C(\C=N)C(=O)Nc1cccc(-n2nc(Nc3ccc(/C(C=N)=C/N)nc3)c3ccccc32)c1.CCC. The van der Waals surface area contributed by atoms with Gasteiger partial charge in [0, 0.05) is 35.3 Å². The second kappa shape index (κ2) is 13.3. The van der Waals surface area contributed by atoms with Gasteiger partial charge in [-0.3, -0.25) is 9.78 Å². The number of hydrogen-bond donors (Lipinski definition) is 5. The molecule has 1 amide bonds. The molecule has 4 rings (SSSR count). The maximum Gasteiger partial charge on any atom is 0.256 e. The fourth-order valence-electron chi connectivity index (χ4n) is 3.54. The Hall–Kier alpha value is -5.05. The Balaban J connectivity index is 0.00000127. The van der Waals surface area contributed by atoms with Crippen LogP contribution in [0.1, 0.15) is 32.9 Å². The molecule has 0 saturated carbocycles. The second-order valence-electron chi connectivity index (χ2n) is 8.20. The van der Waals surface area contributed by atoms with Crippen molar-refractivity contribution < 1.29 is 4.79 Å². The van der Waals surface area contributed by atoms with Gasteiger partial charge in [0.1, 0.15) is 0 Å². The molecule has 2 heterocycles. The summed E-state index contributed by atoms with van der Waals surface area (Å²) in [5.41, 5.74) is 9.93. The van der Waals surface area contributed by atoms with Crippen molar-refractivity contribution >= 4 is 52.0 Å². The summed E-state index contributed by atoms with van der Waals surface area (Å²) < 4.78 is 1.80. The molecule has 0 fully saturated rings. The molecule has 9 nitrogen and oxygen atoms in total. The highest BCUT2D eigenvalue weighted by molar-refractivity contribution is 6.17. The summed E-state index contributed by atoms with van der Waals surface area (Å²) >= 11 is 0. The first-order valence-electron chi connectivity index (χ1n) is 12.2. The Kier molecular flexibility index (Phi) is 9.65. The van der Waals surface area contributed by atoms with Crippen molar-refractivity contribution in [1.82, 2.24) is 14.8 Å². The summed E-state index contributed by atoms with van der Waals surface area (Å²) in [6, 6.07) is 18.8.